The van der Waals surface area contributed by atoms with E-state index in [-0.39, 0.29) is 24.3 Å². The highest BCUT2D eigenvalue weighted by molar-refractivity contribution is 5.57. The van der Waals surface area contributed by atoms with Crippen LogP contribution in [0, 0.1) is 0 Å². The zero-order chi connectivity index (χ0) is 19.5. The van der Waals surface area contributed by atoms with Crippen LogP contribution in [0.5, 0.6) is 0 Å². The molecule has 3 heterocycles. The molecule has 2 aliphatic rings. The predicted molar refractivity (Wildman–Crippen MR) is 111 cm³/mol. The van der Waals surface area contributed by atoms with Gasteiger partial charge in [0.2, 0.25) is 0 Å². The highest BCUT2D eigenvalue weighted by Gasteiger charge is 2.48. The van der Waals surface area contributed by atoms with Crippen LogP contribution >= 0.6 is 0 Å². The van der Waals surface area contributed by atoms with Crippen molar-refractivity contribution in [3.8, 4) is 11.3 Å². The average Bonchev–Trinajstić information content (AvgIpc) is 3.50. The SMILES string of the molecule is c1ccc(CCCNC2COC3C2OCC3n2cc(-c3ccccc3)nn2)cc1. The quantitative estimate of drug-likeness (QED) is 0.629. The standard InChI is InChI=1S/C23H26N4O2/c1-3-8-17(9-4-1)10-7-13-24-20-15-28-23-21(16-29-22(20)23)27-14-19(25-26-27)18-11-5-2-6-12-18/h1-6,8-9,11-12,14,20-24H,7,10,13,15-16H2. The van der Waals surface area contributed by atoms with Crippen molar-refractivity contribution >= 4 is 0 Å². The lowest BCUT2D eigenvalue weighted by Gasteiger charge is -2.17. The summed E-state index contributed by atoms with van der Waals surface area (Å²) < 4.78 is 14.1. The summed E-state index contributed by atoms with van der Waals surface area (Å²) >= 11 is 0. The Balaban J connectivity index is 1.16. The molecule has 0 bridgehead atoms. The lowest BCUT2D eigenvalue weighted by molar-refractivity contribution is 0.0620. The number of benzene rings is 2. The van der Waals surface area contributed by atoms with Crippen LogP contribution in [-0.2, 0) is 15.9 Å². The van der Waals surface area contributed by atoms with Gasteiger partial charge < -0.3 is 14.8 Å². The van der Waals surface area contributed by atoms with Crippen LogP contribution in [0.4, 0.5) is 0 Å². The Morgan fingerprint density at radius 2 is 1.69 bits per heavy atom. The molecule has 2 aromatic carbocycles. The number of rotatable bonds is 7. The summed E-state index contributed by atoms with van der Waals surface area (Å²) in [4.78, 5) is 0. The van der Waals surface area contributed by atoms with E-state index in [0.29, 0.717) is 13.2 Å². The largest absolute Gasteiger partial charge is 0.371 e. The number of aromatic nitrogens is 3. The molecule has 6 heteroatoms. The normalized spacial score (nSPS) is 25.9. The van der Waals surface area contributed by atoms with E-state index in [1.165, 1.54) is 5.56 Å². The van der Waals surface area contributed by atoms with Gasteiger partial charge in [-0.3, -0.25) is 0 Å². The van der Waals surface area contributed by atoms with Crippen molar-refractivity contribution in [1.29, 1.82) is 0 Å². The van der Waals surface area contributed by atoms with E-state index in [1.807, 2.05) is 41.2 Å². The lowest BCUT2D eigenvalue weighted by atomic mass is 10.1. The number of ether oxygens (including phenoxy) is 2. The number of hydrogen-bond donors (Lipinski definition) is 1. The molecule has 3 aromatic rings. The molecule has 6 nitrogen and oxygen atoms in total. The fourth-order valence-corrected chi connectivity index (χ4v) is 4.29. The van der Waals surface area contributed by atoms with Crippen LogP contribution in [0.15, 0.2) is 66.9 Å². The summed E-state index contributed by atoms with van der Waals surface area (Å²) in [5, 5.41) is 12.3. The van der Waals surface area contributed by atoms with Gasteiger partial charge in [0.1, 0.15) is 23.9 Å². The number of nitrogens with one attached hydrogen (secondary N) is 1. The fraction of sp³-hybridized carbons (Fsp3) is 0.391. The number of fused-ring (bicyclic) bond motifs is 1. The molecule has 0 spiro atoms. The van der Waals surface area contributed by atoms with E-state index in [2.05, 4.69) is 46.0 Å². The minimum Gasteiger partial charge on any atom is -0.371 e. The average molecular weight is 390 g/mol. The molecule has 4 unspecified atom stereocenters. The molecule has 4 atom stereocenters. The Hall–Kier alpha value is -2.54. The van der Waals surface area contributed by atoms with E-state index < -0.39 is 0 Å². The summed E-state index contributed by atoms with van der Waals surface area (Å²) in [6.45, 7) is 2.24. The summed E-state index contributed by atoms with van der Waals surface area (Å²) in [5.41, 5.74) is 3.33. The van der Waals surface area contributed by atoms with Gasteiger partial charge in [-0.2, -0.15) is 0 Å². The zero-order valence-corrected chi connectivity index (χ0v) is 16.4. The monoisotopic (exact) mass is 390 g/mol. The van der Waals surface area contributed by atoms with Crippen molar-refractivity contribution in [2.45, 2.75) is 37.1 Å². The van der Waals surface area contributed by atoms with Gasteiger partial charge in [0.15, 0.2) is 0 Å². The Bertz CT molecular complexity index is 915. The Labute approximate surface area is 170 Å². The van der Waals surface area contributed by atoms with Crippen LogP contribution in [0.3, 0.4) is 0 Å². The van der Waals surface area contributed by atoms with E-state index in [9.17, 15) is 0 Å². The van der Waals surface area contributed by atoms with Gasteiger partial charge in [-0.25, -0.2) is 4.68 Å². The van der Waals surface area contributed by atoms with Crippen LogP contribution in [-0.4, -0.2) is 53.0 Å². The van der Waals surface area contributed by atoms with E-state index in [1.54, 1.807) is 0 Å². The molecule has 2 saturated heterocycles. The van der Waals surface area contributed by atoms with Crippen molar-refractivity contribution in [2.75, 3.05) is 19.8 Å². The molecule has 0 saturated carbocycles. The second-order valence-corrected chi connectivity index (χ2v) is 7.76. The molecule has 5 rings (SSSR count). The third kappa shape index (κ3) is 3.96. The zero-order valence-electron chi connectivity index (χ0n) is 16.4. The first-order valence-corrected chi connectivity index (χ1v) is 10.4. The Kier molecular flexibility index (Phi) is 5.39. The van der Waals surface area contributed by atoms with Gasteiger partial charge in [-0.1, -0.05) is 65.9 Å². The first kappa shape index (κ1) is 18.5. The molecular formula is C23H26N4O2. The summed E-state index contributed by atoms with van der Waals surface area (Å²) in [6.07, 6.45) is 4.27. The van der Waals surface area contributed by atoms with Crippen LogP contribution in [0.2, 0.25) is 0 Å². The van der Waals surface area contributed by atoms with E-state index in [0.717, 1.165) is 30.6 Å². The first-order valence-electron chi connectivity index (χ1n) is 10.4. The fourth-order valence-electron chi connectivity index (χ4n) is 4.29. The third-order valence-corrected chi connectivity index (χ3v) is 5.84. The van der Waals surface area contributed by atoms with Crippen molar-refractivity contribution in [3.63, 3.8) is 0 Å². The maximum absolute atomic E-state index is 6.11. The highest BCUT2D eigenvalue weighted by Crippen LogP contribution is 2.34. The van der Waals surface area contributed by atoms with Crippen molar-refractivity contribution < 1.29 is 9.47 Å². The molecule has 0 radical (unpaired) electrons. The smallest absolute Gasteiger partial charge is 0.113 e. The molecule has 150 valence electrons. The van der Waals surface area contributed by atoms with Gasteiger partial charge in [0.05, 0.1) is 25.5 Å². The number of hydrogen-bond acceptors (Lipinski definition) is 5. The Morgan fingerprint density at radius 1 is 0.931 bits per heavy atom. The minimum atomic E-state index is 0.0203. The van der Waals surface area contributed by atoms with Gasteiger partial charge in [0, 0.05) is 5.56 Å². The highest BCUT2D eigenvalue weighted by atomic mass is 16.6. The molecule has 2 aliphatic heterocycles. The second kappa shape index (κ2) is 8.45. The first-order chi connectivity index (χ1) is 14.4. The molecular weight excluding hydrogens is 364 g/mol. The summed E-state index contributed by atoms with van der Waals surface area (Å²) in [5.74, 6) is 0. The third-order valence-electron chi connectivity index (χ3n) is 5.84. The van der Waals surface area contributed by atoms with Crippen LogP contribution in [0.1, 0.15) is 18.0 Å². The topological polar surface area (TPSA) is 61.2 Å². The molecule has 29 heavy (non-hydrogen) atoms. The van der Waals surface area contributed by atoms with Crippen molar-refractivity contribution in [3.05, 3.63) is 72.4 Å². The van der Waals surface area contributed by atoms with Crippen LogP contribution < -0.4 is 5.32 Å². The number of nitrogens with zero attached hydrogens (tertiary/aromatic N) is 3. The van der Waals surface area contributed by atoms with Crippen molar-refractivity contribution in [2.24, 2.45) is 0 Å². The van der Waals surface area contributed by atoms with Gasteiger partial charge >= 0.3 is 0 Å². The van der Waals surface area contributed by atoms with Gasteiger partial charge in [-0.05, 0) is 24.9 Å². The molecule has 2 fully saturated rings. The van der Waals surface area contributed by atoms with Gasteiger partial charge in [-0.15, -0.1) is 5.10 Å². The van der Waals surface area contributed by atoms with Gasteiger partial charge in [0.25, 0.3) is 0 Å². The minimum absolute atomic E-state index is 0.0203. The predicted octanol–water partition coefficient (Wildman–Crippen LogP) is 2.87. The second-order valence-electron chi connectivity index (χ2n) is 7.76. The van der Waals surface area contributed by atoms with Crippen LogP contribution in [0.25, 0.3) is 11.3 Å². The maximum atomic E-state index is 6.11. The molecule has 0 amide bonds. The summed E-state index contributed by atoms with van der Waals surface area (Å²) in [6, 6.07) is 21.0. The molecule has 1 aromatic heterocycles. The summed E-state index contributed by atoms with van der Waals surface area (Å²) in [7, 11) is 0. The molecule has 0 aliphatic carbocycles. The van der Waals surface area contributed by atoms with Crippen molar-refractivity contribution in [1.82, 2.24) is 20.3 Å². The van der Waals surface area contributed by atoms with E-state index in [4.69, 9.17) is 9.47 Å². The maximum Gasteiger partial charge on any atom is 0.113 e. The lowest BCUT2D eigenvalue weighted by Crippen LogP contribution is -2.41. The van der Waals surface area contributed by atoms with E-state index >= 15 is 0 Å². The number of aryl methyl sites for hydroxylation is 1. The Morgan fingerprint density at radius 3 is 2.52 bits per heavy atom. The molecule has 1 N–H and O–H groups in total.